The van der Waals surface area contributed by atoms with E-state index in [2.05, 4.69) is 20.4 Å². The topological polar surface area (TPSA) is 146 Å². The van der Waals surface area contributed by atoms with E-state index in [1.165, 1.54) is 9.25 Å². The van der Waals surface area contributed by atoms with E-state index in [0.29, 0.717) is 35.9 Å². The number of carbonyl (C=O) groups excluding carboxylic acids is 2. The number of H-pyrrole nitrogens is 1. The number of nitrogens with one attached hydrogen (secondary N) is 2. The van der Waals surface area contributed by atoms with Gasteiger partial charge in [0.2, 0.25) is 0 Å². The number of rotatable bonds is 11. The highest BCUT2D eigenvalue weighted by atomic mass is 16.5. The monoisotopic (exact) mass is 487 g/mol. The molecule has 0 radical (unpaired) electrons. The van der Waals surface area contributed by atoms with Crippen molar-refractivity contribution in [2.75, 3.05) is 11.9 Å². The van der Waals surface area contributed by atoms with Gasteiger partial charge in [-0.05, 0) is 19.3 Å². The third kappa shape index (κ3) is 6.25. The van der Waals surface area contributed by atoms with E-state index in [4.69, 9.17) is 4.74 Å². The summed E-state index contributed by atoms with van der Waals surface area (Å²) in [7, 11) is 1.70. The lowest BCUT2D eigenvalue weighted by atomic mass is 10.2. The Balaban J connectivity index is 1.73. The number of carbonyl (C=O) groups is 2. The van der Waals surface area contributed by atoms with Crippen molar-refractivity contribution in [1.29, 1.82) is 0 Å². The predicted molar refractivity (Wildman–Crippen MR) is 130 cm³/mol. The van der Waals surface area contributed by atoms with Crippen LogP contribution in [0.15, 0.2) is 15.7 Å². The molecule has 190 valence electrons. The highest BCUT2D eigenvalue weighted by Gasteiger charge is 2.20. The van der Waals surface area contributed by atoms with Gasteiger partial charge in [0, 0.05) is 32.6 Å². The van der Waals surface area contributed by atoms with Gasteiger partial charge in [0.25, 0.3) is 11.5 Å². The molecule has 12 nitrogen and oxygen atoms in total. The molecule has 0 saturated heterocycles. The molecule has 12 heteroatoms. The number of hydrogen-bond acceptors (Lipinski definition) is 7. The number of nitrogens with zero attached hydrogens (tertiary/aromatic N) is 5. The average molecular weight is 488 g/mol. The summed E-state index contributed by atoms with van der Waals surface area (Å²) in [5.74, 6) is 0.182. The minimum absolute atomic E-state index is 0.0311. The molecule has 0 bridgehead atoms. The van der Waals surface area contributed by atoms with Crippen molar-refractivity contribution in [3.8, 4) is 0 Å². The van der Waals surface area contributed by atoms with Gasteiger partial charge in [0.15, 0.2) is 17.8 Å². The number of ether oxygens (including phenoxy) is 1. The first-order valence-corrected chi connectivity index (χ1v) is 11.8. The van der Waals surface area contributed by atoms with Crippen molar-refractivity contribution < 1.29 is 14.3 Å². The molecule has 0 aromatic carbocycles. The molecule has 2 N–H and O–H groups in total. The average Bonchev–Trinajstić information content (AvgIpc) is 3.29. The van der Waals surface area contributed by atoms with Gasteiger partial charge in [-0.15, -0.1) is 0 Å². The lowest BCUT2D eigenvalue weighted by molar-refractivity contribution is -0.147. The molecule has 0 aliphatic heterocycles. The zero-order valence-electron chi connectivity index (χ0n) is 20.9. The minimum atomic E-state index is -0.568. The standard InChI is InChI=1S/C23H33N7O5/c1-6-7-10-29-21-20(22(33)26-23(29)34)30(12-14(2)3)16(25-21)8-9-19(32)35-13-18(31)24-17-11-15(4)27-28(17)5/h11,14H,6-10,12-13H2,1-5H3,(H,24,31)(H,26,33,34). The van der Waals surface area contributed by atoms with Crippen LogP contribution < -0.4 is 16.6 Å². The molecule has 0 aliphatic rings. The van der Waals surface area contributed by atoms with E-state index < -0.39 is 29.7 Å². The normalized spacial score (nSPS) is 11.4. The summed E-state index contributed by atoms with van der Waals surface area (Å²) in [6.07, 6.45) is 1.81. The smallest absolute Gasteiger partial charge is 0.330 e. The molecule has 3 aromatic heterocycles. The number of unbranched alkanes of at least 4 members (excludes halogenated alkanes) is 1. The number of aromatic nitrogens is 6. The fourth-order valence-electron chi connectivity index (χ4n) is 3.83. The SMILES string of the molecule is CCCCn1c(=O)[nH]c(=O)c2c1nc(CCC(=O)OCC(=O)Nc1cc(C)nn1C)n2CC(C)C. The second kappa shape index (κ2) is 11.2. The zero-order valence-corrected chi connectivity index (χ0v) is 20.9. The fourth-order valence-corrected chi connectivity index (χ4v) is 3.83. The third-order valence-electron chi connectivity index (χ3n) is 5.43. The van der Waals surface area contributed by atoms with Crippen molar-refractivity contribution in [2.45, 2.75) is 66.5 Å². The maximum atomic E-state index is 12.7. The lowest BCUT2D eigenvalue weighted by Gasteiger charge is -2.11. The Bertz CT molecular complexity index is 1330. The van der Waals surface area contributed by atoms with Gasteiger partial charge in [-0.1, -0.05) is 27.2 Å². The van der Waals surface area contributed by atoms with Crippen LogP contribution in [-0.2, 0) is 40.9 Å². The number of esters is 1. The molecule has 0 unspecified atom stereocenters. The van der Waals surface area contributed by atoms with Gasteiger partial charge >= 0.3 is 11.7 Å². The second-order valence-electron chi connectivity index (χ2n) is 8.97. The molecule has 0 atom stereocenters. The van der Waals surface area contributed by atoms with Crippen LogP contribution in [0.1, 0.15) is 51.6 Å². The Kier molecular flexibility index (Phi) is 8.26. The highest BCUT2D eigenvalue weighted by Crippen LogP contribution is 2.16. The maximum Gasteiger partial charge on any atom is 0.330 e. The number of imidazole rings is 1. The van der Waals surface area contributed by atoms with E-state index >= 15 is 0 Å². The molecule has 1 amide bonds. The molecular formula is C23H33N7O5. The van der Waals surface area contributed by atoms with Crippen molar-refractivity contribution >= 4 is 28.9 Å². The number of aromatic amines is 1. The first-order valence-electron chi connectivity index (χ1n) is 11.8. The van der Waals surface area contributed by atoms with E-state index in [9.17, 15) is 19.2 Å². The summed E-state index contributed by atoms with van der Waals surface area (Å²) in [6, 6.07) is 1.71. The van der Waals surface area contributed by atoms with E-state index in [1.54, 1.807) is 24.6 Å². The van der Waals surface area contributed by atoms with Gasteiger partial charge in [-0.2, -0.15) is 5.10 Å². The van der Waals surface area contributed by atoms with Gasteiger partial charge in [0.1, 0.15) is 11.6 Å². The molecule has 3 aromatic rings. The Labute approximate surface area is 202 Å². The van der Waals surface area contributed by atoms with Crippen LogP contribution in [0.2, 0.25) is 0 Å². The zero-order chi connectivity index (χ0) is 25.7. The predicted octanol–water partition coefficient (Wildman–Crippen LogP) is 1.50. The van der Waals surface area contributed by atoms with Crippen LogP contribution in [0.5, 0.6) is 0 Å². The molecule has 3 rings (SSSR count). The summed E-state index contributed by atoms with van der Waals surface area (Å²) in [5, 5.41) is 6.78. The molecule has 3 heterocycles. The van der Waals surface area contributed by atoms with E-state index in [1.807, 2.05) is 20.8 Å². The number of anilines is 1. The Morgan fingerprint density at radius 3 is 2.60 bits per heavy atom. The molecule has 0 fully saturated rings. The molecule has 0 aliphatic carbocycles. The van der Waals surface area contributed by atoms with Crippen LogP contribution in [0.4, 0.5) is 5.82 Å². The van der Waals surface area contributed by atoms with Crippen molar-refractivity contribution in [2.24, 2.45) is 13.0 Å². The quantitative estimate of drug-likeness (QED) is 0.390. The van der Waals surface area contributed by atoms with Gasteiger partial charge < -0.3 is 14.6 Å². The summed E-state index contributed by atoms with van der Waals surface area (Å²) in [4.78, 5) is 56.5. The van der Waals surface area contributed by atoms with Crippen molar-refractivity contribution in [3.05, 3.63) is 38.4 Å². The molecule has 35 heavy (non-hydrogen) atoms. The Morgan fingerprint density at radius 1 is 1.23 bits per heavy atom. The van der Waals surface area contributed by atoms with E-state index in [0.717, 1.165) is 18.5 Å². The number of fused-ring (bicyclic) bond motifs is 1. The van der Waals surface area contributed by atoms with Gasteiger partial charge in [-0.3, -0.25) is 28.6 Å². The first kappa shape index (κ1) is 25.9. The summed E-state index contributed by atoms with van der Waals surface area (Å²) in [5.41, 5.74) is 0.404. The fraction of sp³-hybridized carbons (Fsp3) is 0.565. The largest absolute Gasteiger partial charge is 0.456 e. The third-order valence-corrected chi connectivity index (χ3v) is 5.43. The Morgan fingerprint density at radius 2 is 1.97 bits per heavy atom. The van der Waals surface area contributed by atoms with Crippen LogP contribution in [-0.4, -0.2) is 47.4 Å². The van der Waals surface area contributed by atoms with Crippen LogP contribution in [0.3, 0.4) is 0 Å². The number of hydrogen-bond donors (Lipinski definition) is 2. The van der Waals surface area contributed by atoms with Crippen LogP contribution in [0, 0.1) is 12.8 Å². The summed E-state index contributed by atoms with van der Waals surface area (Å²) < 4.78 is 9.89. The Hall–Kier alpha value is -3.70. The second-order valence-corrected chi connectivity index (χ2v) is 8.97. The lowest BCUT2D eigenvalue weighted by Crippen LogP contribution is -2.31. The number of aryl methyl sites for hydroxylation is 4. The van der Waals surface area contributed by atoms with Crippen molar-refractivity contribution in [1.82, 2.24) is 28.9 Å². The molecule has 0 spiro atoms. The molecule has 0 saturated carbocycles. The summed E-state index contributed by atoms with van der Waals surface area (Å²) in [6.45, 7) is 8.35. The van der Waals surface area contributed by atoms with Gasteiger partial charge in [0.05, 0.1) is 12.1 Å². The van der Waals surface area contributed by atoms with Gasteiger partial charge in [-0.25, -0.2) is 9.78 Å². The molecular weight excluding hydrogens is 454 g/mol. The van der Waals surface area contributed by atoms with Crippen LogP contribution >= 0.6 is 0 Å². The minimum Gasteiger partial charge on any atom is -0.456 e. The van der Waals surface area contributed by atoms with Crippen molar-refractivity contribution in [3.63, 3.8) is 0 Å². The van der Waals surface area contributed by atoms with E-state index in [-0.39, 0.29) is 18.8 Å². The first-order chi connectivity index (χ1) is 16.6. The van der Waals surface area contributed by atoms with Crippen LogP contribution in [0.25, 0.3) is 11.2 Å². The highest BCUT2D eigenvalue weighted by molar-refractivity contribution is 5.92. The maximum absolute atomic E-state index is 12.7. The summed E-state index contributed by atoms with van der Waals surface area (Å²) >= 11 is 0. The number of amides is 1.